The van der Waals surface area contributed by atoms with Crippen LogP contribution in [0.1, 0.15) is 47.2 Å². The van der Waals surface area contributed by atoms with Crippen LogP contribution in [0.4, 0.5) is 0 Å². The maximum absolute atomic E-state index is 10.9. The van der Waals surface area contributed by atoms with Crippen molar-refractivity contribution in [3.05, 3.63) is 155 Å². The Morgan fingerprint density at radius 3 is 1.73 bits per heavy atom. The van der Waals surface area contributed by atoms with Gasteiger partial charge in [0.15, 0.2) is 0 Å². The van der Waals surface area contributed by atoms with Gasteiger partial charge in [-0.2, -0.15) is 0 Å². The smallest absolute Gasteiger partial charge is 0.115 e. The first-order valence-corrected chi connectivity index (χ1v) is 13.8. The van der Waals surface area contributed by atoms with Gasteiger partial charge in [0.2, 0.25) is 0 Å². The SMILES string of the molecule is CC1(C)c2cc(O)ccc2-c2cc3c(c4cccc1c24)-c1ccc(O)cc1C3(c1ccccc1)c1ccccc1. The molecule has 2 N–H and O–H groups in total. The Balaban J connectivity index is 1.63. The van der Waals surface area contributed by atoms with Gasteiger partial charge in [-0.3, -0.25) is 0 Å². The van der Waals surface area contributed by atoms with E-state index in [1.54, 1.807) is 6.07 Å². The quantitative estimate of drug-likeness (QED) is 0.241. The summed E-state index contributed by atoms with van der Waals surface area (Å²) in [4.78, 5) is 0. The highest BCUT2D eigenvalue weighted by Gasteiger charge is 2.48. The number of phenols is 2. The number of aromatic hydroxyl groups is 2. The van der Waals surface area contributed by atoms with Gasteiger partial charge in [-0.15, -0.1) is 0 Å². The molecule has 2 nitrogen and oxygen atoms in total. The summed E-state index contributed by atoms with van der Waals surface area (Å²) in [6.45, 7) is 4.50. The molecule has 192 valence electrons. The van der Waals surface area contributed by atoms with Crippen molar-refractivity contribution in [2.45, 2.75) is 24.7 Å². The van der Waals surface area contributed by atoms with Crippen LogP contribution in [-0.2, 0) is 10.8 Å². The molecular weight excluding hydrogens is 488 g/mol. The zero-order chi connectivity index (χ0) is 27.2. The molecule has 0 aliphatic heterocycles. The van der Waals surface area contributed by atoms with Crippen LogP contribution in [0.3, 0.4) is 0 Å². The normalized spacial score (nSPS) is 15.3. The predicted molar refractivity (Wildman–Crippen MR) is 162 cm³/mol. The lowest BCUT2D eigenvalue weighted by molar-refractivity contribution is 0.472. The summed E-state index contributed by atoms with van der Waals surface area (Å²) in [6.07, 6.45) is 0. The van der Waals surface area contributed by atoms with Crippen molar-refractivity contribution in [1.82, 2.24) is 0 Å². The van der Waals surface area contributed by atoms with E-state index in [4.69, 9.17) is 0 Å². The molecule has 6 aromatic carbocycles. The Kier molecular flexibility index (Phi) is 4.54. The molecule has 0 saturated carbocycles. The van der Waals surface area contributed by atoms with Crippen LogP contribution < -0.4 is 0 Å². The van der Waals surface area contributed by atoms with Crippen LogP contribution in [0.25, 0.3) is 33.0 Å². The van der Waals surface area contributed by atoms with Gasteiger partial charge in [0.1, 0.15) is 11.5 Å². The topological polar surface area (TPSA) is 40.5 Å². The van der Waals surface area contributed by atoms with Gasteiger partial charge in [-0.25, -0.2) is 0 Å². The molecule has 2 aliphatic carbocycles. The van der Waals surface area contributed by atoms with E-state index in [2.05, 4.69) is 111 Å². The van der Waals surface area contributed by atoms with Crippen molar-refractivity contribution in [2.75, 3.05) is 0 Å². The lowest BCUT2D eigenvalue weighted by Crippen LogP contribution is -2.29. The first kappa shape index (κ1) is 23.1. The van der Waals surface area contributed by atoms with E-state index >= 15 is 0 Å². The van der Waals surface area contributed by atoms with E-state index in [9.17, 15) is 10.2 Å². The average molecular weight is 517 g/mol. The molecule has 0 spiro atoms. The van der Waals surface area contributed by atoms with Gasteiger partial charge in [-0.05, 0) is 96.7 Å². The molecule has 8 rings (SSSR count). The van der Waals surface area contributed by atoms with Crippen LogP contribution in [0, 0.1) is 0 Å². The van der Waals surface area contributed by atoms with Gasteiger partial charge in [0, 0.05) is 5.41 Å². The molecule has 0 aromatic heterocycles. The molecule has 0 saturated heterocycles. The predicted octanol–water partition coefficient (Wildman–Crippen LogP) is 8.92. The Bertz CT molecular complexity index is 1950. The summed E-state index contributed by atoms with van der Waals surface area (Å²) >= 11 is 0. The molecule has 0 bridgehead atoms. The van der Waals surface area contributed by atoms with Gasteiger partial charge in [-0.1, -0.05) is 105 Å². The summed E-state index contributed by atoms with van der Waals surface area (Å²) in [7, 11) is 0. The Morgan fingerprint density at radius 1 is 0.475 bits per heavy atom. The van der Waals surface area contributed by atoms with E-state index in [1.165, 1.54) is 33.0 Å². The number of benzene rings is 6. The summed E-state index contributed by atoms with van der Waals surface area (Å²) in [5, 5.41) is 23.9. The van der Waals surface area contributed by atoms with E-state index < -0.39 is 5.41 Å². The number of rotatable bonds is 2. The third kappa shape index (κ3) is 2.78. The van der Waals surface area contributed by atoms with Crippen molar-refractivity contribution in [1.29, 1.82) is 0 Å². The maximum atomic E-state index is 10.9. The third-order valence-electron chi connectivity index (χ3n) is 9.30. The van der Waals surface area contributed by atoms with Crippen molar-refractivity contribution in [2.24, 2.45) is 0 Å². The van der Waals surface area contributed by atoms with Crippen LogP contribution in [0.15, 0.2) is 121 Å². The second-order valence-corrected chi connectivity index (χ2v) is 11.6. The van der Waals surface area contributed by atoms with Gasteiger partial charge in [0.25, 0.3) is 0 Å². The highest BCUT2D eigenvalue weighted by Crippen LogP contribution is 2.61. The Labute approximate surface area is 233 Å². The molecule has 0 radical (unpaired) electrons. The zero-order valence-electron chi connectivity index (χ0n) is 22.4. The lowest BCUT2D eigenvalue weighted by atomic mass is 9.65. The number of fused-ring (bicyclic) bond motifs is 6. The Morgan fingerprint density at radius 2 is 1.07 bits per heavy atom. The van der Waals surface area contributed by atoms with Crippen molar-refractivity contribution < 1.29 is 10.2 Å². The summed E-state index contributed by atoms with van der Waals surface area (Å²) in [6, 6.07) is 42.1. The monoisotopic (exact) mass is 516 g/mol. The summed E-state index contributed by atoms with van der Waals surface area (Å²) < 4.78 is 0. The maximum Gasteiger partial charge on any atom is 0.115 e. The van der Waals surface area contributed by atoms with Crippen LogP contribution in [0.5, 0.6) is 11.5 Å². The van der Waals surface area contributed by atoms with Crippen LogP contribution in [-0.4, -0.2) is 10.2 Å². The number of hydrogen-bond acceptors (Lipinski definition) is 2. The highest BCUT2D eigenvalue weighted by atomic mass is 16.3. The van der Waals surface area contributed by atoms with Crippen molar-refractivity contribution in [3.8, 4) is 33.8 Å². The van der Waals surface area contributed by atoms with E-state index in [0.29, 0.717) is 0 Å². The fraction of sp³-hybridized carbons (Fsp3) is 0.105. The van der Waals surface area contributed by atoms with Gasteiger partial charge < -0.3 is 10.2 Å². The first-order valence-electron chi connectivity index (χ1n) is 13.8. The minimum absolute atomic E-state index is 0.263. The second-order valence-electron chi connectivity index (χ2n) is 11.6. The molecular formula is C38H28O2. The van der Waals surface area contributed by atoms with Crippen molar-refractivity contribution in [3.63, 3.8) is 0 Å². The fourth-order valence-corrected chi connectivity index (χ4v) is 7.60. The first-order chi connectivity index (χ1) is 19.4. The molecule has 0 heterocycles. The minimum Gasteiger partial charge on any atom is -0.508 e. The molecule has 40 heavy (non-hydrogen) atoms. The summed E-state index contributed by atoms with van der Waals surface area (Å²) in [5.74, 6) is 0.550. The standard InChI is InChI=1S/C38H28O2/c1-37(2)31-15-9-14-29-35-28-19-17-26(40)21-33(28)38(23-10-5-3-6-11-23,24-12-7-4-8-13-24)34(35)22-30(36(29)31)27-18-16-25(39)20-32(27)37/h3-22,39-40H,1-2H3. The Hall–Kier alpha value is -4.82. The minimum atomic E-state index is -0.614. The van der Waals surface area contributed by atoms with E-state index in [-0.39, 0.29) is 16.9 Å². The number of hydrogen-bond donors (Lipinski definition) is 2. The fourth-order valence-electron chi connectivity index (χ4n) is 7.60. The van der Waals surface area contributed by atoms with Crippen LogP contribution in [0.2, 0.25) is 0 Å². The summed E-state index contributed by atoms with van der Waals surface area (Å²) in [5.41, 5.74) is 10.8. The highest BCUT2D eigenvalue weighted by molar-refractivity contribution is 6.13. The average Bonchev–Trinajstić information content (AvgIpc) is 3.27. The molecule has 0 amide bonds. The molecule has 0 unspecified atom stereocenters. The lowest BCUT2D eigenvalue weighted by Gasteiger charge is -2.37. The molecule has 0 fully saturated rings. The largest absolute Gasteiger partial charge is 0.508 e. The van der Waals surface area contributed by atoms with Crippen LogP contribution >= 0.6 is 0 Å². The van der Waals surface area contributed by atoms with E-state index in [0.717, 1.165) is 33.4 Å². The number of phenolic OH excluding ortho intramolecular Hbond substituents is 2. The third-order valence-corrected chi connectivity index (χ3v) is 9.30. The molecule has 2 aliphatic rings. The zero-order valence-corrected chi connectivity index (χ0v) is 22.4. The molecule has 0 atom stereocenters. The second kappa shape index (κ2) is 7.86. The molecule has 6 aromatic rings. The van der Waals surface area contributed by atoms with E-state index in [1.807, 2.05) is 18.2 Å². The van der Waals surface area contributed by atoms with Gasteiger partial charge >= 0.3 is 0 Å². The van der Waals surface area contributed by atoms with Gasteiger partial charge in [0.05, 0.1) is 5.41 Å². The molecule has 2 heteroatoms. The van der Waals surface area contributed by atoms with Crippen molar-refractivity contribution >= 4 is 10.8 Å².